The maximum absolute atomic E-state index is 8.63. The molecule has 0 aliphatic heterocycles. The monoisotopic (exact) mass is 713 g/mol. The van der Waals surface area contributed by atoms with E-state index in [2.05, 4.69) is 0 Å². The fourth-order valence-corrected chi connectivity index (χ4v) is 0. The molecule has 128 valence electrons. The van der Waals surface area contributed by atoms with Crippen molar-refractivity contribution < 1.29 is 101 Å². The molecule has 0 saturated heterocycles. The molecule has 0 rings (SSSR count). The first kappa shape index (κ1) is 58.1. The zero-order valence-corrected chi connectivity index (χ0v) is 28.6. The van der Waals surface area contributed by atoms with Crippen LogP contribution in [0.1, 0.15) is 0 Å². The molecule has 16 nitrogen and oxygen atoms in total. The third kappa shape index (κ3) is 538. The van der Waals surface area contributed by atoms with E-state index in [1.165, 1.54) is 0 Å². The Balaban J connectivity index is -0.0000000183. The Hall–Kier alpha value is 6.94. The van der Waals surface area contributed by atoms with Crippen molar-refractivity contribution in [3.63, 3.8) is 0 Å². The van der Waals surface area contributed by atoms with Crippen LogP contribution in [-0.4, -0.2) is 189 Å². The van der Waals surface area contributed by atoms with Gasteiger partial charge in [-0.3, -0.25) is 0 Å². The summed E-state index contributed by atoms with van der Waals surface area (Å²) in [5.41, 5.74) is 0. The summed E-state index contributed by atoms with van der Waals surface area (Å²) in [6.45, 7) is 0. The van der Waals surface area contributed by atoms with Crippen molar-refractivity contribution in [3.05, 3.63) is 0 Å². The van der Waals surface area contributed by atoms with E-state index in [0.717, 1.165) is 0 Å². The molecular formula is Ca5Mo2O16P2. The first-order valence-corrected chi connectivity index (χ1v) is 12.3. The standard InChI is InChI=1S/5Ca.2Mo.2H3O4P.8O/c;;;;;;;2*1-5(2,3)4;;;;;;;;/h;;;;;;;2*(H3,1,2,3,4);;;;;;;;/q5*+2;;;;;;;;;4*-1/p-6. The normalized spacial score (nSPS) is 9.36. The molecule has 0 bridgehead atoms. The van der Waals surface area contributed by atoms with Gasteiger partial charge in [-0.1, -0.05) is 0 Å². The van der Waals surface area contributed by atoms with E-state index in [9.17, 15) is 0 Å². The van der Waals surface area contributed by atoms with E-state index < -0.39 is 49.1 Å². The summed E-state index contributed by atoms with van der Waals surface area (Å²) in [7, 11) is -10.8. The number of hydrogen-bond acceptors (Lipinski definition) is 16. The van der Waals surface area contributed by atoms with Gasteiger partial charge in [0.15, 0.2) is 0 Å². The molecule has 0 atom stereocenters. The molecule has 0 heterocycles. The zero-order chi connectivity index (χ0) is 18.0. The summed E-state index contributed by atoms with van der Waals surface area (Å²) in [6, 6.07) is 0. The summed E-state index contributed by atoms with van der Waals surface area (Å²) in [4.78, 5) is 51.3. The maximum atomic E-state index is 8.63. The van der Waals surface area contributed by atoms with Gasteiger partial charge in [0.25, 0.3) is 0 Å². The van der Waals surface area contributed by atoms with Crippen LogP contribution in [0.5, 0.6) is 0 Å². The van der Waals surface area contributed by atoms with Crippen LogP contribution in [-0.2, 0) is 56.2 Å². The number of phosphoric acid groups is 2. The molecule has 0 aliphatic carbocycles. The van der Waals surface area contributed by atoms with Crippen LogP contribution in [0.15, 0.2) is 0 Å². The fourth-order valence-electron chi connectivity index (χ4n) is 0. The van der Waals surface area contributed by atoms with Gasteiger partial charge in [0.2, 0.25) is 0 Å². The number of rotatable bonds is 0. The average Bonchev–Trinajstić information content (AvgIpc) is 1.62. The quantitative estimate of drug-likeness (QED) is 0.166. The van der Waals surface area contributed by atoms with Crippen molar-refractivity contribution >= 4 is 204 Å². The number of hydrogen-bond donors (Lipinski definition) is 0. The molecule has 0 radical (unpaired) electrons. The summed E-state index contributed by atoms with van der Waals surface area (Å²) in [5, 5.41) is 0. The first-order valence-electron chi connectivity index (χ1n) is 2.79. The second kappa shape index (κ2) is 29.0. The van der Waals surface area contributed by atoms with E-state index in [1.54, 1.807) is 0 Å². The third-order valence-electron chi connectivity index (χ3n) is 0. The Morgan fingerprint density at radius 1 is 0.440 bits per heavy atom. The van der Waals surface area contributed by atoms with Crippen LogP contribution >= 0.6 is 15.6 Å². The van der Waals surface area contributed by atoms with Crippen LogP contribution in [0, 0.1) is 0 Å². The summed E-state index contributed by atoms with van der Waals surface area (Å²) in [5.74, 6) is 0. The van der Waals surface area contributed by atoms with Crippen LogP contribution < -0.4 is 44.4 Å². The van der Waals surface area contributed by atoms with Gasteiger partial charge in [-0.15, -0.1) is 0 Å². The van der Waals surface area contributed by atoms with Gasteiger partial charge in [0, 0.05) is 0 Å². The minimum absolute atomic E-state index is 0. The fraction of sp³-hybridized carbons (Fsp3) is 0. The van der Waals surface area contributed by atoms with Gasteiger partial charge < -0.3 is 38.5 Å². The minimum atomic E-state index is -6.02. The molecule has 0 saturated carbocycles. The van der Waals surface area contributed by atoms with Crippen LogP contribution in [0.2, 0.25) is 0 Å². The van der Waals surface area contributed by atoms with Gasteiger partial charge in [-0.05, 0) is 0 Å². The van der Waals surface area contributed by atoms with Crippen LogP contribution in [0.25, 0.3) is 0 Å². The van der Waals surface area contributed by atoms with E-state index >= 15 is 0 Å². The molecule has 0 aromatic carbocycles. The summed E-state index contributed by atoms with van der Waals surface area (Å²) in [6.07, 6.45) is 0. The second-order valence-electron chi connectivity index (χ2n) is 1.71. The van der Waals surface area contributed by atoms with Crippen molar-refractivity contribution in [1.29, 1.82) is 0 Å². The van der Waals surface area contributed by atoms with E-state index in [4.69, 9.17) is 67.1 Å². The van der Waals surface area contributed by atoms with E-state index in [0.29, 0.717) is 0 Å². The molecule has 0 fully saturated rings. The van der Waals surface area contributed by atoms with E-state index in [-0.39, 0.29) is 189 Å². The molecule has 0 aromatic heterocycles. The Morgan fingerprint density at radius 3 is 0.440 bits per heavy atom. The Kier molecular flexibility index (Phi) is 67.3. The van der Waals surface area contributed by atoms with Crippen molar-refractivity contribution in [2.24, 2.45) is 0 Å². The summed E-state index contributed by atoms with van der Waals surface area (Å²) >= 11 is -12.0. The van der Waals surface area contributed by atoms with Crippen molar-refractivity contribution in [3.8, 4) is 0 Å². The third-order valence-corrected chi connectivity index (χ3v) is 0. The van der Waals surface area contributed by atoms with Gasteiger partial charge in [-0.2, -0.15) is 15.6 Å². The molecular weight excluding hydrogens is 710 g/mol. The molecule has 0 aromatic rings. The first-order chi connectivity index (χ1) is 8.00. The van der Waals surface area contributed by atoms with Crippen LogP contribution in [0.3, 0.4) is 0 Å². The van der Waals surface area contributed by atoms with Crippen molar-refractivity contribution in [1.82, 2.24) is 0 Å². The molecule has 0 unspecified atom stereocenters. The molecule has 0 N–H and O–H groups in total. The van der Waals surface area contributed by atoms with Crippen molar-refractivity contribution in [2.45, 2.75) is 0 Å². The van der Waals surface area contributed by atoms with Gasteiger partial charge >= 0.3 is 251 Å². The van der Waals surface area contributed by atoms with Crippen molar-refractivity contribution in [2.75, 3.05) is 0 Å². The van der Waals surface area contributed by atoms with Gasteiger partial charge in [0.05, 0.1) is 0 Å². The van der Waals surface area contributed by atoms with E-state index in [1.807, 2.05) is 0 Å². The molecule has 0 amide bonds. The Bertz CT molecular complexity index is 442. The topological polar surface area (TPSA) is 333 Å². The molecule has 25 heteroatoms. The molecule has 25 heavy (non-hydrogen) atoms. The second-order valence-corrected chi connectivity index (χ2v) is 7.51. The average molecular weight is 710 g/mol. The molecule has 0 aliphatic rings. The SMILES string of the molecule is O=P([O-])([O-])[O-].O=P([O-])([O-])[O-].[Ca+2].[Ca+2].[Ca+2].[Ca+2].[Ca+2].[O]=[Mo](=[O])([O-])[O-].[O]=[Mo](=[O])([O-])[O-]. The predicted octanol–water partition coefficient (Wildman–Crippen LogP) is -12.8. The summed E-state index contributed by atoms with van der Waals surface area (Å²) < 4.78 is 86.1. The zero-order valence-electron chi connectivity index (χ0n) is 11.8. The Labute approximate surface area is 297 Å². The predicted molar refractivity (Wildman–Crippen MR) is 46.7 cm³/mol. The van der Waals surface area contributed by atoms with Gasteiger partial charge in [-0.25, -0.2) is 0 Å². The van der Waals surface area contributed by atoms with Crippen LogP contribution in [0.4, 0.5) is 0 Å². The van der Waals surface area contributed by atoms with Gasteiger partial charge in [0.1, 0.15) is 0 Å². The molecule has 0 spiro atoms. The Morgan fingerprint density at radius 2 is 0.440 bits per heavy atom.